The number of aromatic carboxylic acids is 1. The first-order chi connectivity index (χ1) is 8.56. The van der Waals surface area contributed by atoms with Crippen molar-refractivity contribution in [2.24, 2.45) is 0 Å². The first kappa shape index (κ1) is 11.9. The van der Waals surface area contributed by atoms with E-state index in [1.54, 1.807) is 0 Å². The number of aromatic nitrogens is 2. The standard InChI is InChI=1S/C11H7F2N3O2/c12-6-1-2-8(7(13)5-6)15-9-3-4-14-10(16-9)11(17)18/h1-5H,(H,17,18)(H,14,15,16). The molecule has 1 aromatic heterocycles. The molecule has 0 saturated carbocycles. The highest BCUT2D eigenvalue weighted by Crippen LogP contribution is 2.19. The number of hydrogen-bond donors (Lipinski definition) is 2. The molecule has 1 aromatic carbocycles. The Morgan fingerprint density at radius 2 is 2.06 bits per heavy atom. The van der Waals surface area contributed by atoms with E-state index in [0.29, 0.717) is 6.07 Å². The molecule has 0 bridgehead atoms. The fraction of sp³-hybridized carbons (Fsp3) is 0. The van der Waals surface area contributed by atoms with Crippen LogP contribution in [-0.4, -0.2) is 21.0 Å². The van der Waals surface area contributed by atoms with Gasteiger partial charge in [0, 0.05) is 12.3 Å². The quantitative estimate of drug-likeness (QED) is 0.874. The van der Waals surface area contributed by atoms with E-state index in [9.17, 15) is 13.6 Å². The third-order valence-corrected chi connectivity index (χ3v) is 2.04. The molecule has 18 heavy (non-hydrogen) atoms. The first-order valence-electron chi connectivity index (χ1n) is 4.84. The number of carboxylic acid groups (broad SMARTS) is 1. The van der Waals surface area contributed by atoms with Gasteiger partial charge in [0.25, 0.3) is 0 Å². The lowest BCUT2D eigenvalue weighted by molar-refractivity contribution is 0.0683. The van der Waals surface area contributed by atoms with E-state index >= 15 is 0 Å². The smallest absolute Gasteiger partial charge is 0.374 e. The molecule has 5 nitrogen and oxygen atoms in total. The Kier molecular flexibility index (Phi) is 3.13. The molecule has 1 heterocycles. The minimum atomic E-state index is -1.29. The summed E-state index contributed by atoms with van der Waals surface area (Å²) in [6.45, 7) is 0. The normalized spacial score (nSPS) is 10.1. The third kappa shape index (κ3) is 2.57. The molecular formula is C11H7F2N3O2. The molecule has 0 aliphatic heterocycles. The molecule has 2 N–H and O–H groups in total. The maximum Gasteiger partial charge on any atom is 0.374 e. The summed E-state index contributed by atoms with van der Waals surface area (Å²) in [6, 6.07) is 4.34. The zero-order valence-corrected chi connectivity index (χ0v) is 8.89. The summed E-state index contributed by atoms with van der Waals surface area (Å²) in [7, 11) is 0. The second kappa shape index (κ2) is 4.74. The van der Waals surface area contributed by atoms with Gasteiger partial charge in [0.15, 0.2) is 0 Å². The maximum atomic E-state index is 13.3. The van der Waals surface area contributed by atoms with Gasteiger partial charge in [0.05, 0.1) is 5.69 Å². The largest absolute Gasteiger partial charge is 0.475 e. The van der Waals surface area contributed by atoms with Crippen LogP contribution in [0.15, 0.2) is 30.5 Å². The first-order valence-corrected chi connectivity index (χ1v) is 4.84. The molecule has 0 aliphatic carbocycles. The topological polar surface area (TPSA) is 75.1 Å². The van der Waals surface area contributed by atoms with E-state index in [0.717, 1.165) is 6.07 Å². The molecule has 0 saturated heterocycles. The van der Waals surface area contributed by atoms with Crippen LogP contribution in [-0.2, 0) is 0 Å². The minimum absolute atomic E-state index is 0.00793. The monoisotopic (exact) mass is 251 g/mol. The predicted molar refractivity (Wildman–Crippen MR) is 58.6 cm³/mol. The summed E-state index contributed by atoms with van der Waals surface area (Å²) in [5.74, 6) is -3.11. The number of benzene rings is 1. The molecule has 0 fully saturated rings. The Hall–Kier alpha value is -2.57. The average molecular weight is 251 g/mol. The number of halogens is 2. The van der Waals surface area contributed by atoms with Crippen molar-refractivity contribution in [2.75, 3.05) is 5.32 Å². The number of rotatable bonds is 3. The maximum absolute atomic E-state index is 13.3. The van der Waals surface area contributed by atoms with Gasteiger partial charge >= 0.3 is 5.97 Å². The van der Waals surface area contributed by atoms with E-state index in [4.69, 9.17) is 5.11 Å². The average Bonchev–Trinajstić information content (AvgIpc) is 2.33. The van der Waals surface area contributed by atoms with Crippen molar-refractivity contribution in [1.29, 1.82) is 0 Å². The molecular weight excluding hydrogens is 244 g/mol. The summed E-state index contributed by atoms with van der Waals surface area (Å²) in [5.41, 5.74) is -0.00793. The van der Waals surface area contributed by atoms with Crippen molar-refractivity contribution < 1.29 is 18.7 Å². The third-order valence-electron chi connectivity index (χ3n) is 2.04. The number of hydrogen-bond acceptors (Lipinski definition) is 4. The van der Waals surface area contributed by atoms with Gasteiger partial charge in [0.1, 0.15) is 17.5 Å². The summed E-state index contributed by atoms with van der Waals surface area (Å²) < 4.78 is 26.0. The summed E-state index contributed by atoms with van der Waals surface area (Å²) in [5, 5.41) is 11.2. The highest BCUT2D eigenvalue weighted by Gasteiger charge is 2.09. The zero-order valence-electron chi connectivity index (χ0n) is 8.89. The SMILES string of the molecule is O=C(O)c1nccc(Nc2ccc(F)cc2F)n1. The van der Waals surface area contributed by atoms with Crippen molar-refractivity contribution in [2.45, 2.75) is 0 Å². The Balaban J connectivity index is 2.28. The molecule has 0 atom stereocenters. The van der Waals surface area contributed by atoms with Crippen LogP contribution < -0.4 is 5.32 Å². The van der Waals surface area contributed by atoms with E-state index < -0.39 is 23.4 Å². The van der Waals surface area contributed by atoms with Gasteiger partial charge in [-0.05, 0) is 18.2 Å². The summed E-state index contributed by atoms with van der Waals surface area (Å²) in [6.07, 6.45) is 1.22. The van der Waals surface area contributed by atoms with Crippen LogP contribution in [0.1, 0.15) is 10.6 Å². The molecule has 7 heteroatoms. The van der Waals surface area contributed by atoms with E-state index in [-0.39, 0.29) is 11.5 Å². The second-order valence-corrected chi connectivity index (χ2v) is 3.32. The second-order valence-electron chi connectivity index (χ2n) is 3.32. The lowest BCUT2D eigenvalue weighted by atomic mass is 10.3. The van der Waals surface area contributed by atoms with Crippen LogP contribution in [0.5, 0.6) is 0 Å². The van der Waals surface area contributed by atoms with E-state index in [2.05, 4.69) is 15.3 Å². The summed E-state index contributed by atoms with van der Waals surface area (Å²) in [4.78, 5) is 17.8. The van der Waals surface area contributed by atoms with Crippen molar-refractivity contribution in [3.05, 3.63) is 47.9 Å². The Morgan fingerprint density at radius 1 is 1.28 bits per heavy atom. The van der Waals surface area contributed by atoms with Crippen molar-refractivity contribution in [1.82, 2.24) is 9.97 Å². The van der Waals surface area contributed by atoms with Crippen LogP contribution in [0.4, 0.5) is 20.3 Å². The molecule has 0 unspecified atom stereocenters. The van der Waals surface area contributed by atoms with Gasteiger partial charge in [-0.25, -0.2) is 23.5 Å². The fourth-order valence-electron chi connectivity index (χ4n) is 1.26. The molecule has 92 valence electrons. The Morgan fingerprint density at radius 3 is 2.72 bits per heavy atom. The van der Waals surface area contributed by atoms with Gasteiger partial charge in [0.2, 0.25) is 5.82 Å². The number of carboxylic acids is 1. The van der Waals surface area contributed by atoms with Gasteiger partial charge in [-0.15, -0.1) is 0 Å². The van der Waals surface area contributed by atoms with Crippen molar-refractivity contribution in [3.63, 3.8) is 0 Å². The van der Waals surface area contributed by atoms with Gasteiger partial charge in [-0.3, -0.25) is 0 Å². The Labute approximate surface area is 100 Å². The highest BCUT2D eigenvalue weighted by atomic mass is 19.1. The van der Waals surface area contributed by atoms with Gasteiger partial charge in [-0.1, -0.05) is 0 Å². The molecule has 2 rings (SSSR count). The molecule has 0 amide bonds. The van der Waals surface area contributed by atoms with E-state index in [1.807, 2.05) is 0 Å². The van der Waals surface area contributed by atoms with Crippen LogP contribution in [0.3, 0.4) is 0 Å². The molecule has 0 spiro atoms. The molecule has 0 aliphatic rings. The van der Waals surface area contributed by atoms with Crippen LogP contribution >= 0.6 is 0 Å². The van der Waals surface area contributed by atoms with Crippen LogP contribution in [0.25, 0.3) is 0 Å². The zero-order chi connectivity index (χ0) is 13.1. The highest BCUT2D eigenvalue weighted by molar-refractivity contribution is 5.83. The predicted octanol–water partition coefficient (Wildman–Crippen LogP) is 2.20. The number of nitrogens with one attached hydrogen (secondary N) is 1. The fourth-order valence-corrected chi connectivity index (χ4v) is 1.26. The lowest BCUT2D eigenvalue weighted by Crippen LogP contribution is -2.06. The number of anilines is 2. The van der Waals surface area contributed by atoms with Crippen molar-refractivity contribution >= 4 is 17.5 Å². The van der Waals surface area contributed by atoms with Gasteiger partial charge in [-0.2, -0.15) is 0 Å². The number of nitrogens with zero attached hydrogens (tertiary/aromatic N) is 2. The Bertz CT molecular complexity index is 605. The van der Waals surface area contributed by atoms with Crippen LogP contribution in [0.2, 0.25) is 0 Å². The van der Waals surface area contributed by atoms with Crippen molar-refractivity contribution in [3.8, 4) is 0 Å². The molecule has 0 radical (unpaired) electrons. The van der Waals surface area contributed by atoms with E-state index in [1.165, 1.54) is 18.3 Å². The molecule has 2 aromatic rings. The lowest BCUT2D eigenvalue weighted by Gasteiger charge is -2.06. The number of carbonyl (C=O) groups is 1. The summed E-state index contributed by atoms with van der Waals surface area (Å²) >= 11 is 0. The van der Waals surface area contributed by atoms with Gasteiger partial charge < -0.3 is 10.4 Å². The minimum Gasteiger partial charge on any atom is -0.475 e. The van der Waals surface area contributed by atoms with Crippen LogP contribution in [0, 0.1) is 11.6 Å².